The van der Waals surface area contributed by atoms with Crippen LogP contribution in [-0.2, 0) is 5.54 Å². The van der Waals surface area contributed by atoms with E-state index in [1.807, 2.05) is 30.3 Å². The smallest absolute Gasteiger partial charge is 0.198 e. The number of nitrogens with zero attached hydrogens (tertiary/aromatic N) is 3. The normalized spacial score (nSPS) is 23.3. The van der Waals surface area contributed by atoms with E-state index in [9.17, 15) is 0 Å². The molecule has 0 spiro atoms. The van der Waals surface area contributed by atoms with Gasteiger partial charge in [0.15, 0.2) is 11.5 Å². The fraction of sp³-hybridized carbons (Fsp3) is 0.222. The molecular weight excluding hydrogens is 352 g/mol. The molecule has 2 aliphatic heterocycles. The molecule has 2 N–H and O–H groups in total. The van der Waals surface area contributed by atoms with E-state index in [0.717, 1.165) is 40.9 Å². The lowest BCUT2D eigenvalue weighted by Crippen LogP contribution is -2.46. The molecule has 116 valence electrons. The molecule has 1 unspecified atom stereocenters. The van der Waals surface area contributed by atoms with Gasteiger partial charge in [0.1, 0.15) is 5.84 Å². The Morgan fingerprint density at radius 1 is 1.04 bits per heavy atom. The molecule has 4 nitrogen and oxygen atoms in total. The Bertz CT molecular complexity index is 800. The van der Waals surface area contributed by atoms with Gasteiger partial charge in [-0.2, -0.15) is 0 Å². The highest BCUT2D eigenvalue weighted by atomic mass is 79.9. The van der Waals surface area contributed by atoms with E-state index in [2.05, 4.69) is 45.1 Å². The van der Waals surface area contributed by atoms with Crippen molar-refractivity contribution in [2.24, 2.45) is 15.7 Å². The fourth-order valence-electron chi connectivity index (χ4n) is 3.37. The molecular formula is C18H17BrN4. The van der Waals surface area contributed by atoms with Gasteiger partial charge in [-0.25, -0.2) is 4.99 Å². The standard InChI is InChI=1S/C18H17BrN4/c19-15-9-4-8-14(12-15)18(13-6-2-1-3-7-13)16-21-10-5-11-23(16)17(20)22-18/h1-4,6-9,12H,5,10-11H2,(H2,20,22). The number of nitrogens with two attached hydrogens (primary N) is 1. The van der Waals surface area contributed by atoms with Crippen LogP contribution in [-0.4, -0.2) is 29.8 Å². The number of benzene rings is 2. The van der Waals surface area contributed by atoms with Crippen molar-refractivity contribution in [1.82, 2.24) is 4.90 Å². The minimum Gasteiger partial charge on any atom is -0.369 e. The van der Waals surface area contributed by atoms with Gasteiger partial charge in [0, 0.05) is 17.6 Å². The molecule has 0 saturated carbocycles. The first kappa shape index (κ1) is 14.5. The van der Waals surface area contributed by atoms with E-state index >= 15 is 0 Å². The lowest BCUT2D eigenvalue weighted by molar-refractivity contribution is 0.531. The SMILES string of the molecule is NC1=NC(c2ccccc2)(c2cccc(Br)c2)C2=NCCCN12. The summed E-state index contributed by atoms with van der Waals surface area (Å²) < 4.78 is 1.02. The molecule has 2 aromatic carbocycles. The number of rotatable bonds is 2. The molecule has 2 heterocycles. The summed E-state index contributed by atoms with van der Waals surface area (Å²) in [4.78, 5) is 11.8. The Morgan fingerprint density at radius 3 is 2.61 bits per heavy atom. The quantitative estimate of drug-likeness (QED) is 0.885. The number of fused-ring (bicyclic) bond motifs is 1. The number of halogens is 1. The minimum atomic E-state index is -0.657. The maximum Gasteiger partial charge on any atom is 0.198 e. The van der Waals surface area contributed by atoms with Crippen LogP contribution in [0.3, 0.4) is 0 Å². The molecule has 5 heteroatoms. The van der Waals surface area contributed by atoms with Crippen LogP contribution in [0.15, 0.2) is 69.1 Å². The lowest BCUT2D eigenvalue weighted by Gasteiger charge is -2.33. The molecule has 2 aliphatic rings. The first-order valence-electron chi connectivity index (χ1n) is 7.71. The summed E-state index contributed by atoms with van der Waals surface area (Å²) in [6.45, 7) is 1.69. The van der Waals surface area contributed by atoms with E-state index in [1.165, 1.54) is 0 Å². The minimum absolute atomic E-state index is 0.548. The van der Waals surface area contributed by atoms with E-state index in [-0.39, 0.29) is 0 Å². The molecule has 0 saturated heterocycles. The van der Waals surface area contributed by atoms with Crippen molar-refractivity contribution >= 4 is 27.7 Å². The zero-order valence-corrected chi connectivity index (χ0v) is 14.2. The Hall–Kier alpha value is -2.14. The van der Waals surface area contributed by atoms with Crippen molar-refractivity contribution in [2.75, 3.05) is 13.1 Å². The average Bonchev–Trinajstić information content (AvgIpc) is 2.90. The molecule has 4 rings (SSSR count). The Labute approximate surface area is 143 Å². The second kappa shape index (κ2) is 5.49. The molecule has 0 aliphatic carbocycles. The third kappa shape index (κ3) is 2.18. The van der Waals surface area contributed by atoms with Crippen LogP contribution in [0.1, 0.15) is 17.5 Å². The van der Waals surface area contributed by atoms with Crippen LogP contribution >= 0.6 is 15.9 Å². The zero-order chi connectivity index (χ0) is 15.9. The van der Waals surface area contributed by atoms with Gasteiger partial charge >= 0.3 is 0 Å². The monoisotopic (exact) mass is 368 g/mol. The van der Waals surface area contributed by atoms with Crippen molar-refractivity contribution < 1.29 is 0 Å². The van der Waals surface area contributed by atoms with Crippen molar-refractivity contribution in [2.45, 2.75) is 12.0 Å². The second-order valence-corrected chi connectivity index (χ2v) is 6.68. The fourth-order valence-corrected chi connectivity index (χ4v) is 3.77. The summed E-state index contributed by atoms with van der Waals surface area (Å²) >= 11 is 3.58. The maximum atomic E-state index is 6.26. The number of amidine groups is 1. The molecule has 0 fully saturated rings. The molecule has 23 heavy (non-hydrogen) atoms. The Kier molecular flexibility index (Phi) is 3.45. The van der Waals surface area contributed by atoms with Crippen molar-refractivity contribution in [3.8, 4) is 0 Å². The summed E-state index contributed by atoms with van der Waals surface area (Å²) in [5.74, 6) is 1.48. The summed E-state index contributed by atoms with van der Waals surface area (Å²) in [7, 11) is 0. The van der Waals surface area contributed by atoms with Gasteiger partial charge < -0.3 is 5.73 Å². The molecule has 0 aromatic heterocycles. The molecule has 0 bridgehead atoms. The maximum absolute atomic E-state index is 6.26. The van der Waals surface area contributed by atoms with Gasteiger partial charge in [0.2, 0.25) is 0 Å². The lowest BCUT2D eigenvalue weighted by atomic mass is 9.82. The summed E-state index contributed by atoms with van der Waals surface area (Å²) in [5.41, 5.74) is 7.76. The van der Waals surface area contributed by atoms with Gasteiger partial charge in [-0.1, -0.05) is 58.4 Å². The predicted octanol–water partition coefficient (Wildman–Crippen LogP) is 3.13. The summed E-state index contributed by atoms with van der Waals surface area (Å²) in [6.07, 6.45) is 1.00. The average molecular weight is 369 g/mol. The number of hydrogen-bond acceptors (Lipinski definition) is 4. The van der Waals surface area contributed by atoms with Crippen LogP contribution < -0.4 is 5.73 Å². The van der Waals surface area contributed by atoms with Crippen LogP contribution in [0, 0.1) is 0 Å². The van der Waals surface area contributed by atoms with E-state index in [4.69, 9.17) is 15.7 Å². The highest BCUT2D eigenvalue weighted by molar-refractivity contribution is 9.10. The van der Waals surface area contributed by atoms with Crippen LogP contribution in [0.2, 0.25) is 0 Å². The van der Waals surface area contributed by atoms with E-state index in [0.29, 0.717) is 5.96 Å². The number of aliphatic imine (C=N–C) groups is 2. The van der Waals surface area contributed by atoms with Gasteiger partial charge in [-0.3, -0.25) is 9.89 Å². The number of hydrogen-bond donors (Lipinski definition) is 1. The molecule has 2 aromatic rings. The van der Waals surface area contributed by atoms with Gasteiger partial charge in [-0.15, -0.1) is 0 Å². The largest absolute Gasteiger partial charge is 0.369 e. The highest BCUT2D eigenvalue weighted by Gasteiger charge is 2.48. The van der Waals surface area contributed by atoms with Gasteiger partial charge in [-0.05, 0) is 29.7 Å². The first-order chi connectivity index (χ1) is 11.2. The van der Waals surface area contributed by atoms with Crippen LogP contribution in [0.4, 0.5) is 0 Å². The highest BCUT2D eigenvalue weighted by Crippen LogP contribution is 2.41. The second-order valence-electron chi connectivity index (χ2n) is 5.77. The third-order valence-electron chi connectivity index (χ3n) is 4.37. The summed E-state index contributed by atoms with van der Waals surface area (Å²) in [5, 5.41) is 0. The molecule has 0 radical (unpaired) electrons. The Morgan fingerprint density at radius 2 is 1.83 bits per heavy atom. The zero-order valence-electron chi connectivity index (χ0n) is 12.6. The van der Waals surface area contributed by atoms with Gasteiger partial charge in [0.25, 0.3) is 0 Å². The van der Waals surface area contributed by atoms with Crippen molar-refractivity contribution in [3.05, 3.63) is 70.2 Å². The first-order valence-corrected chi connectivity index (χ1v) is 8.50. The van der Waals surface area contributed by atoms with Crippen LogP contribution in [0.5, 0.6) is 0 Å². The summed E-state index contributed by atoms with van der Waals surface area (Å²) in [6, 6.07) is 18.5. The van der Waals surface area contributed by atoms with Crippen molar-refractivity contribution in [1.29, 1.82) is 0 Å². The molecule has 0 amide bonds. The van der Waals surface area contributed by atoms with E-state index in [1.54, 1.807) is 0 Å². The third-order valence-corrected chi connectivity index (χ3v) is 4.87. The number of guanidine groups is 1. The predicted molar refractivity (Wildman–Crippen MR) is 96.6 cm³/mol. The van der Waals surface area contributed by atoms with E-state index < -0.39 is 5.54 Å². The molecule has 1 atom stereocenters. The van der Waals surface area contributed by atoms with Crippen LogP contribution in [0.25, 0.3) is 0 Å². The van der Waals surface area contributed by atoms with Gasteiger partial charge in [0.05, 0.1) is 0 Å². The Balaban J connectivity index is 2.01. The topological polar surface area (TPSA) is 54.0 Å². The van der Waals surface area contributed by atoms with Crippen molar-refractivity contribution in [3.63, 3.8) is 0 Å².